The standard InChI is InChI=1S/C18H16FNO4S3/c1-26(21,22)14-7-13(12-5-3-2-4-6-12)8-15(9-14)27(23,24)18-10-16(19)17(11-20)25-18/h2-10H,11,20H2,1H3. The molecule has 0 unspecified atom stereocenters. The second kappa shape index (κ2) is 7.16. The van der Waals surface area contributed by atoms with Crippen molar-refractivity contribution in [1.82, 2.24) is 0 Å². The Balaban J connectivity index is 2.25. The molecule has 0 fully saturated rings. The highest BCUT2D eigenvalue weighted by molar-refractivity contribution is 7.93. The van der Waals surface area contributed by atoms with E-state index < -0.39 is 25.5 Å². The molecule has 1 heterocycles. The second-order valence-corrected chi connectivity index (χ2v) is 11.2. The smallest absolute Gasteiger partial charge is 0.216 e. The van der Waals surface area contributed by atoms with E-state index in [0.29, 0.717) is 11.1 Å². The van der Waals surface area contributed by atoms with Crippen LogP contribution in [0.3, 0.4) is 0 Å². The number of nitrogens with two attached hydrogens (primary N) is 1. The van der Waals surface area contributed by atoms with Crippen molar-refractivity contribution in [1.29, 1.82) is 0 Å². The SMILES string of the molecule is CS(=O)(=O)c1cc(-c2ccccc2)cc(S(=O)(=O)c2cc(F)c(CN)s2)c1. The molecule has 0 saturated heterocycles. The Morgan fingerprint density at radius 1 is 0.926 bits per heavy atom. The molecule has 2 N–H and O–H groups in total. The largest absolute Gasteiger partial charge is 0.326 e. The lowest BCUT2D eigenvalue weighted by molar-refractivity contribution is 0.594. The molecule has 0 spiro atoms. The monoisotopic (exact) mass is 425 g/mol. The van der Waals surface area contributed by atoms with Crippen molar-refractivity contribution in [2.75, 3.05) is 6.26 Å². The van der Waals surface area contributed by atoms with E-state index in [1.807, 2.05) is 0 Å². The predicted octanol–water partition coefficient (Wildman–Crippen LogP) is 3.25. The molecule has 0 aliphatic rings. The molecule has 3 aromatic rings. The van der Waals surface area contributed by atoms with E-state index in [0.717, 1.165) is 29.7 Å². The van der Waals surface area contributed by atoms with Gasteiger partial charge in [0.2, 0.25) is 9.84 Å². The normalized spacial score (nSPS) is 12.3. The zero-order valence-electron chi connectivity index (χ0n) is 14.2. The van der Waals surface area contributed by atoms with Crippen LogP contribution in [0.5, 0.6) is 0 Å². The molecule has 0 radical (unpaired) electrons. The van der Waals surface area contributed by atoms with Crippen LogP contribution in [0, 0.1) is 5.82 Å². The van der Waals surface area contributed by atoms with Gasteiger partial charge in [-0.2, -0.15) is 0 Å². The van der Waals surface area contributed by atoms with Crippen LogP contribution >= 0.6 is 11.3 Å². The van der Waals surface area contributed by atoms with E-state index in [-0.39, 0.29) is 25.4 Å². The molecule has 0 amide bonds. The van der Waals surface area contributed by atoms with Crippen LogP contribution in [0.15, 0.2) is 68.6 Å². The summed E-state index contributed by atoms with van der Waals surface area (Å²) in [5.74, 6) is -0.691. The molecule has 27 heavy (non-hydrogen) atoms. The van der Waals surface area contributed by atoms with E-state index in [1.165, 1.54) is 12.1 Å². The molecular formula is C18H16FNO4S3. The van der Waals surface area contributed by atoms with Crippen molar-refractivity contribution in [3.63, 3.8) is 0 Å². The third kappa shape index (κ3) is 3.96. The van der Waals surface area contributed by atoms with Gasteiger partial charge in [-0.1, -0.05) is 30.3 Å². The van der Waals surface area contributed by atoms with Gasteiger partial charge in [0.1, 0.15) is 10.0 Å². The summed E-state index contributed by atoms with van der Waals surface area (Å²) in [6, 6.07) is 13.6. The Kier molecular flexibility index (Phi) is 5.22. The lowest BCUT2D eigenvalue weighted by Crippen LogP contribution is -2.04. The highest BCUT2D eigenvalue weighted by Crippen LogP contribution is 2.33. The molecular weight excluding hydrogens is 409 g/mol. The Morgan fingerprint density at radius 2 is 1.56 bits per heavy atom. The van der Waals surface area contributed by atoms with E-state index in [2.05, 4.69) is 0 Å². The van der Waals surface area contributed by atoms with Crippen molar-refractivity contribution in [3.05, 3.63) is 65.3 Å². The maximum Gasteiger partial charge on any atom is 0.216 e. The van der Waals surface area contributed by atoms with Crippen LogP contribution < -0.4 is 5.73 Å². The molecule has 2 aromatic carbocycles. The molecule has 0 aliphatic heterocycles. The fourth-order valence-electron chi connectivity index (χ4n) is 2.51. The van der Waals surface area contributed by atoms with Crippen LogP contribution in [-0.2, 0) is 26.2 Å². The number of sulfone groups is 2. The summed E-state index contributed by atoms with van der Waals surface area (Å²) in [6.07, 6.45) is 1.00. The lowest BCUT2D eigenvalue weighted by Gasteiger charge is -2.09. The topological polar surface area (TPSA) is 94.3 Å². The fourth-order valence-corrected chi connectivity index (χ4v) is 6.00. The maximum absolute atomic E-state index is 13.8. The van der Waals surface area contributed by atoms with Crippen LogP contribution in [0.25, 0.3) is 11.1 Å². The summed E-state index contributed by atoms with van der Waals surface area (Å²) >= 11 is 0.739. The van der Waals surface area contributed by atoms with Gasteiger partial charge in [0.25, 0.3) is 0 Å². The average molecular weight is 426 g/mol. The predicted molar refractivity (Wildman–Crippen MR) is 103 cm³/mol. The first kappa shape index (κ1) is 19.7. The minimum atomic E-state index is -4.11. The number of benzene rings is 2. The highest BCUT2D eigenvalue weighted by atomic mass is 32.2. The van der Waals surface area contributed by atoms with Crippen molar-refractivity contribution < 1.29 is 21.2 Å². The maximum atomic E-state index is 13.8. The van der Waals surface area contributed by atoms with E-state index in [1.54, 1.807) is 30.3 Å². The Morgan fingerprint density at radius 3 is 2.11 bits per heavy atom. The fraction of sp³-hybridized carbons (Fsp3) is 0.111. The van der Waals surface area contributed by atoms with Crippen LogP contribution in [0.2, 0.25) is 0 Å². The first-order valence-electron chi connectivity index (χ1n) is 7.77. The minimum Gasteiger partial charge on any atom is -0.326 e. The van der Waals surface area contributed by atoms with E-state index in [9.17, 15) is 21.2 Å². The van der Waals surface area contributed by atoms with Crippen LogP contribution in [0.4, 0.5) is 4.39 Å². The third-order valence-electron chi connectivity index (χ3n) is 3.91. The Bertz CT molecular complexity index is 1200. The van der Waals surface area contributed by atoms with Crippen molar-refractivity contribution in [2.45, 2.75) is 20.5 Å². The van der Waals surface area contributed by atoms with Gasteiger partial charge in [-0.15, -0.1) is 11.3 Å². The van der Waals surface area contributed by atoms with Gasteiger partial charge in [-0.05, 0) is 29.3 Å². The molecule has 0 atom stereocenters. The number of thiophene rings is 1. The summed E-state index contributed by atoms with van der Waals surface area (Å²) in [5, 5.41) is 0. The molecule has 142 valence electrons. The first-order chi connectivity index (χ1) is 12.6. The molecule has 0 aliphatic carbocycles. The Labute approximate surface area is 161 Å². The number of halogens is 1. The van der Waals surface area contributed by atoms with Crippen LogP contribution in [-0.4, -0.2) is 23.1 Å². The quantitative estimate of drug-likeness (QED) is 0.677. The van der Waals surface area contributed by atoms with E-state index in [4.69, 9.17) is 5.73 Å². The van der Waals surface area contributed by atoms with Gasteiger partial charge in [0.15, 0.2) is 9.84 Å². The Hall–Kier alpha value is -2.07. The molecule has 3 rings (SSSR count). The van der Waals surface area contributed by atoms with E-state index >= 15 is 0 Å². The summed E-state index contributed by atoms with van der Waals surface area (Å²) < 4.78 is 63.7. The van der Waals surface area contributed by atoms with Gasteiger partial charge in [0, 0.05) is 18.9 Å². The summed E-state index contributed by atoms with van der Waals surface area (Å²) in [5.41, 5.74) is 6.53. The molecule has 5 nitrogen and oxygen atoms in total. The molecule has 9 heteroatoms. The zero-order valence-corrected chi connectivity index (χ0v) is 16.7. The summed E-state index contributed by atoms with van der Waals surface area (Å²) in [6.45, 7) is -0.120. The van der Waals surface area contributed by atoms with Crippen LogP contribution in [0.1, 0.15) is 4.88 Å². The summed E-state index contributed by atoms with van der Waals surface area (Å²) in [7, 11) is -7.77. The molecule has 0 bridgehead atoms. The minimum absolute atomic E-state index is 0.120. The second-order valence-electron chi connectivity index (χ2n) is 5.88. The van der Waals surface area contributed by atoms with Gasteiger partial charge in [0.05, 0.1) is 14.7 Å². The van der Waals surface area contributed by atoms with Crippen molar-refractivity contribution >= 4 is 31.0 Å². The van der Waals surface area contributed by atoms with Gasteiger partial charge in [-0.3, -0.25) is 0 Å². The number of rotatable bonds is 5. The third-order valence-corrected chi connectivity index (χ3v) is 8.34. The lowest BCUT2D eigenvalue weighted by atomic mass is 10.1. The molecule has 1 aromatic heterocycles. The van der Waals surface area contributed by atoms with Gasteiger partial charge in [-0.25, -0.2) is 21.2 Å². The highest BCUT2D eigenvalue weighted by Gasteiger charge is 2.25. The van der Waals surface area contributed by atoms with Gasteiger partial charge >= 0.3 is 0 Å². The molecule has 0 saturated carbocycles. The van der Waals surface area contributed by atoms with Crippen molar-refractivity contribution in [2.24, 2.45) is 5.73 Å². The first-order valence-corrected chi connectivity index (χ1v) is 12.0. The number of hydrogen-bond acceptors (Lipinski definition) is 6. The van der Waals surface area contributed by atoms with Gasteiger partial charge < -0.3 is 5.73 Å². The van der Waals surface area contributed by atoms with Crippen molar-refractivity contribution in [3.8, 4) is 11.1 Å². The average Bonchev–Trinajstić information content (AvgIpc) is 3.03. The summed E-state index contributed by atoms with van der Waals surface area (Å²) in [4.78, 5) is -0.219. The number of hydrogen-bond donors (Lipinski definition) is 1. The zero-order chi connectivity index (χ0) is 19.8.